The van der Waals surface area contributed by atoms with Crippen LogP contribution < -0.4 is 9.62 Å². The minimum atomic E-state index is -4.70. The third-order valence-corrected chi connectivity index (χ3v) is 5.46. The lowest BCUT2D eigenvalue weighted by Crippen LogP contribution is -2.28. The molecule has 2 rings (SSSR count). The van der Waals surface area contributed by atoms with Gasteiger partial charge in [-0.1, -0.05) is 11.6 Å². The number of hydrogen-bond acceptors (Lipinski definition) is 4. The molecule has 6 nitrogen and oxygen atoms in total. The van der Waals surface area contributed by atoms with Crippen LogP contribution in [0.2, 0.25) is 5.15 Å². The van der Waals surface area contributed by atoms with E-state index >= 15 is 0 Å². The van der Waals surface area contributed by atoms with E-state index in [0.29, 0.717) is 12.1 Å². The molecule has 0 aliphatic carbocycles. The van der Waals surface area contributed by atoms with E-state index in [1.807, 2.05) is 0 Å². The summed E-state index contributed by atoms with van der Waals surface area (Å²) in [5.41, 5.74) is -1.55. The van der Waals surface area contributed by atoms with Gasteiger partial charge >= 0.3 is 6.18 Å². The quantitative estimate of drug-likeness (QED) is 0.786. The van der Waals surface area contributed by atoms with Crippen LogP contribution in [0.4, 0.5) is 24.5 Å². The van der Waals surface area contributed by atoms with Crippen LogP contribution in [-0.4, -0.2) is 26.4 Å². The molecule has 11 heteroatoms. The molecule has 2 aromatic rings. The third kappa shape index (κ3) is 4.07. The summed E-state index contributed by atoms with van der Waals surface area (Å²) in [6, 6.07) is 4.80. The predicted octanol–water partition coefficient (Wildman–Crippen LogP) is 3.54. The first-order valence-corrected chi connectivity index (χ1v) is 8.84. The van der Waals surface area contributed by atoms with Gasteiger partial charge in [0.25, 0.3) is 10.0 Å². The molecule has 140 valence electrons. The Morgan fingerprint density at radius 3 is 2.46 bits per heavy atom. The van der Waals surface area contributed by atoms with Gasteiger partial charge in [0.1, 0.15) is 4.90 Å². The molecule has 1 heterocycles. The van der Waals surface area contributed by atoms with E-state index in [0.717, 1.165) is 17.3 Å². The van der Waals surface area contributed by atoms with Crippen molar-refractivity contribution in [1.82, 2.24) is 4.98 Å². The molecule has 0 atom stereocenters. The highest BCUT2D eigenvalue weighted by Crippen LogP contribution is 2.36. The molecule has 0 saturated heterocycles. The molecular weight excluding hydrogens is 395 g/mol. The summed E-state index contributed by atoms with van der Waals surface area (Å²) in [6.07, 6.45) is -3.35. The average molecular weight is 408 g/mol. The zero-order valence-electron chi connectivity index (χ0n) is 13.5. The van der Waals surface area contributed by atoms with Crippen LogP contribution in [-0.2, 0) is 21.0 Å². The fourth-order valence-corrected chi connectivity index (χ4v) is 3.73. The Bertz CT molecular complexity index is 949. The van der Waals surface area contributed by atoms with Crippen molar-refractivity contribution in [2.45, 2.75) is 18.0 Å². The van der Waals surface area contributed by atoms with Crippen molar-refractivity contribution in [1.29, 1.82) is 0 Å². The first-order valence-electron chi connectivity index (χ1n) is 7.03. The second-order valence-electron chi connectivity index (χ2n) is 5.18. The van der Waals surface area contributed by atoms with Crippen molar-refractivity contribution in [3.05, 3.63) is 47.2 Å². The summed E-state index contributed by atoms with van der Waals surface area (Å²) in [6.45, 7) is 1.05. The minimum Gasteiger partial charge on any atom is -0.325 e. The number of anilines is 2. The number of nitrogens with one attached hydrogen (secondary N) is 1. The zero-order chi connectivity index (χ0) is 19.7. The summed E-state index contributed by atoms with van der Waals surface area (Å²) >= 11 is 5.89. The summed E-state index contributed by atoms with van der Waals surface area (Å²) in [7, 11) is -3.15. The van der Waals surface area contributed by atoms with E-state index in [2.05, 4.69) is 10.3 Å². The lowest BCUT2D eigenvalue weighted by Gasteiger charge is -2.22. The van der Waals surface area contributed by atoms with Crippen molar-refractivity contribution in [3.8, 4) is 0 Å². The van der Waals surface area contributed by atoms with E-state index in [1.165, 1.54) is 25.4 Å². The van der Waals surface area contributed by atoms with Crippen LogP contribution >= 0.6 is 11.6 Å². The van der Waals surface area contributed by atoms with E-state index in [4.69, 9.17) is 11.6 Å². The Morgan fingerprint density at radius 1 is 1.27 bits per heavy atom. The smallest absolute Gasteiger partial charge is 0.325 e. The van der Waals surface area contributed by atoms with Gasteiger partial charge in [0.05, 0.1) is 16.9 Å². The summed E-state index contributed by atoms with van der Waals surface area (Å²) < 4.78 is 65.2. The standard InChI is InChI=1S/C15H13ClF3N3O3S/c1-9(23)21-11-8-10(15(17,18)19)5-6-13(11)26(24,25)22(2)12-4-3-7-20-14(12)16/h3-8H,1-2H3,(H,21,23). The lowest BCUT2D eigenvalue weighted by atomic mass is 10.2. The summed E-state index contributed by atoms with van der Waals surface area (Å²) in [5, 5.41) is 2.01. The number of hydrogen-bond donors (Lipinski definition) is 1. The molecule has 1 N–H and O–H groups in total. The Kier molecular flexibility index (Phi) is 5.47. The number of nitrogens with zero attached hydrogens (tertiary/aromatic N) is 2. The molecule has 0 fully saturated rings. The molecule has 0 bridgehead atoms. The predicted molar refractivity (Wildman–Crippen MR) is 90.6 cm³/mol. The van der Waals surface area contributed by atoms with Gasteiger partial charge in [-0.25, -0.2) is 13.4 Å². The maximum absolute atomic E-state index is 12.9. The third-order valence-electron chi connectivity index (χ3n) is 3.33. The maximum atomic E-state index is 12.9. The second kappa shape index (κ2) is 7.12. The number of amides is 1. The Labute approximate surface area is 152 Å². The van der Waals surface area contributed by atoms with Crippen molar-refractivity contribution in [3.63, 3.8) is 0 Å². The number of rotatable bonds is 4. The maximum Gasteiger partial charge on any atom is 0.416 e. The number of alkyl halides is 3. The highest BCUT2D eigenvalue weighted by atomic mass is 35.5. The van der Waals surface area contributed by atoms with Crippen molar-refractivity contribution >= 4 is 38.9 Å². The highest BCUT2D eigenvalue weighted by Gasteiger charge is 2.33. The van der Waals surface area contributed by atoms with Gasteiger partial charge in [-0.15, -0.1) is 0 Å². The molecule has 1 aromatic carbocycles. The van der Waals surface area contributed by atoms with Gasteiger partial charge in [0.2, 0.25) is 5.91 Å². The van der Waals surface area contributed by atoms with Gasteiger partial charge < -0.3 is 5.32 Å². The molecule has 0 saturated carbocycles. The van der Waals surface area contributed by atoms with Gasteiger partial charge in [0.15, 0.2) is 5.15 Å². The second-order valence-corrected chi connectivity index (χ2v) is 7.47. The van der Waals surface area contributed by atoms with Crippen LogP contribution in [0, 0.1) is 0 Å². The molecule has 1 aromatic heterocycles. The number of halogens is 4. The number of carbonyl (C=O) groups is 1. The van der Waals surface area contributed by atoms with E-state index in [9.17, 15) is 26.4 Å². The summed E-state index contributed by atoms with van der Waals surface area (Å²) in [4.78, 5) is 14.6. The first kappa shape index (κ1) is 20.0. The van der Waals surface area contributed by atoms with Crippen molar-refractivity contribution in [2.75, 3.05) is 16.7 Å². The lowest BCUT2D eigenvalue weighted by molar-refractivity contribution is -0.137. The topological polar surface area (TPSA) is 79.4 Å². The van der Waals surface area contributed by atoms with Gasteiger partial charge in [-0.05, 0) is 30.3 Å². The molecule has 0 spiro atoms. The normalized spacial score (nSPS) is 11.9. The van der Waals surface area contributed by atoms with E-state index in [-0.39, 0.29) is 10.8 Å². The number of sulfonamides is 1. The van der Waals surface area contributed by atoms with E-state index < -0.39 is 38.3 Å². The molecule has 1 amide bonds. The average Bonchev–Trinajstić information content (AvgIpc) is 2.53. The van der Waals surface area contributed by atoms with Gasteiger partial charge in [-0.2, -0.15) is 13.2 Å². The van der Waals surface area contributed by atoms with Crippen LogP contribution in [0.25, 0.3) is 0 Å². The number of aromatic nitrogens is 1. The fourth-order valence-electron chi connectivity index (χ4n) is 2.11. The first-order chi connectivity index (χ1) is 11.9. The van der Waals surface area contributed by atoms with Crippen LogP contribution in [0.1, 0.15) is 12.5 Å². The molecule has 0 aliphatic rings. The Hall–Kier alpha value is -2.33. The number of pyridine rings is 1. The minimum absolute atomic E-state index is 0.0304. The van der Waals surface area contributed by atoms with Crippen LogP contribution in [0.3, 0.4) is 0 Å². The molecule has 0 unspecified atom stereocenters. The van der Waals surface area contributed by atoms with Crippen LogP contribution in [0.15, 0.2) is 41.4 Å². The molecule has 0 aliphatic heterocycles. The zero-order valence-corrected chi connectivity index (χ0v) is 15.1. The number of carbonyl (C=O) groups excluding carboxylic acids is 1. The highest BCUT2D eigenvalue weighted by molar-refractivity contribution is 7.93. The number of benzene rings is 1. The summed E-state index contributed by atoms with van der Waals surface area (Å²) in [5.74, 6) is -0.720. The van der Waals surface area contributed by atoms with Gasteiger partial charge in [0, 0.05) is 20.2 Å². The fraction of sp³-hybridized carbons (Fsp3) is 0.200. The van der Waals surface area contributed by atoms with E-state index in [1.54, 1.807) is 0 Å². The Balaban J connectivity index is 2.61. The monoisotopic (exact) mass is 407 g/mol. The largest absolute Gasteiger partial charge is 0.416 e. The van der Waals surface area contributed by atoms with Gasteiger partial charge in [-0.3, -0.25) is 9.10 Å². The molecular formula is C15H13ClF3N3O3S. The van der Waals surface area contributed by atoms with Crippen LogP contribution in [0.5, 0.6) is 0 Å². The Morgan fingerprint density at radius 2 is 1.92 bits per heavy atom. The van der Waals surface area contributed by atoms with Crippen molar-refractivity contribution in [2.24, 2.45) is 0 Å². The SMILES string of the molecule is CC(=O)Nc1cc(C(F)(F)F)ccc1S(=O)(=O)N(C)c1cccnc1Cl. The molecule has 0 radical (unpaired) electrons. The molecule has 26 heavy (non-hydrogen) atoms. The van der Waals surface area contributed by atoms with Crippen molar-refractivity contribution < 1.29 is 26.4 Å².